The molecule has 0 heterocycles. The highest BCUT2D eigenvalue weighted by Gasteiger charge is 2.07. The number of ether oxygens (including phenoxy) is 1. The first-order chi connectivity index (χ1) is 9.58. The van der Waals surface area contributed by atoms with E-state index in [4.69, 9.17) is 4.74 Å². The minimum absolute atomic E-state index is 0.0352. The van der Waals surface area contributed by atoms with Crippen LogP contribution in [0.4, 0.5) is 0 Å². The normalized spacial score (nSPS) is 10.6. The molecule has 1 amide bonds. The van der Waals surface area contributed by atoms with Crippen LogP contribution in [0.1, 0.15) is 32.8 Å². The van der Waals surface area contributed by atoms with E-state index in [2.05, 4.69) is 0 Å². The average Bonchev–Trinajstić information content (AvgIpc) is 2.43. The molecule has 4 heteroatoms. The van der Waals surface area contributed by atoms with Crippen LogP contribution >= 0.6 is 0 Å². The predicted octanol–water partition coefficient (Wildman–Crippen LogP) is 2.88. The number of likely N-dealkylation sites (N-methyl/N-ethyl adjacent to an activating group) is 1. The van der Waals surface area contributed by atoms with E-state index < -0.39 is 0 Å². The van der Waals surface area contributed by atoms with E-state index >= 15 is 0 Å². The van der Waals surface area contributed by atoms with E-state index in [0.29, 0.717) is 17.9 Å². The second kappa shape index (κ2) is 8.15. The molecule has 1 aromatic rings. The summed E-state index contributed by atoms with van der Waals surface area (Å²) in [5.41, 5.74) is 0.712. The van der Waals surface area contributed by atoms with Crippen LogP contribution in [0.15, 0.2) is 30.3 Å². The van der Waals surface area contributed by atoms with E-state index in [9.17, 15) is 9.59 Å². The van der Waals surface area contributed by atoms with E-state index in [1.807, 2.05) is 19.9 Å². The minimum Gasteiger partial charge on any atom is -0.426 e. The number of para-hydroxylation sites is 1. The number of nitrogens with zero attached hydrogens (tertiary/aromatic N) is 1. The summed E-state index contributed by atoms with van der Waals surface area (Å²) >= 11 is 0. The highest BCUT2D eigenvalue weighted by Crippen LogP contribution is 2.19. The minimum atomic E-state index is -0.377. The fourth-order valence-electron chi connectivity index (χ4n) is 1.83. The molecule has 1 aromatic carbocycles. The maximum absolute atomic E-state index is 12.0. The highest BCUT2D eigenvalue weighted by atomic mass is 16.5. The summed E-state index contributed by atoms with van der Waals surface area (Å²) < 4.78 is 5.10. The van der Waals surface area contributed by atoms with Crippen LogP contribution in [0.3, 0.4) is 0 Å². The number of esters is 1. The van der Waals surface area contributed by atoms with E-state index in [1.165, 1.54) is 13.0 Å². The molecule has 0 aromatic heterocycles. The number of benzene rings is 1. The first-order valence-corrected chi connectivity index (χ1v) is 6.82. The zero-order chi connectivity index (χ0) is 15.0. The summed E-state index contributed by atoms with van der Waals surface area (Å²) in [7, 11) is 0. The molecule has 0 spiro atoms. The van der Waals surface area contributed by atoms with Gasteiger partial charge in [-0.15, -0.1) is 0 Å². The molecule has 0 radical (unpaired) electrons. The third-order valence-corrected chi connectivity index (χ3v) is 2.77. The van der Waals surface area contributed by atoms with Crippen LogP contribution < -0.4 is 4.74 Å². The van der Waals surface area contributed by atoms with Crippen molar-refractivity contribution in [3.05, 3.63) is 35.9 Å². The lowest BCUT2D eigenvalue weighted by atomic mass is 10.2. The Morgan fingerprint density at radius 1 is 1.25 bits per heavy atom. The lowest BCUT2D eigenvalue weighted by Gasteiger charge is -2.17. The van der Waals surface area contributed by atoms with Crippen molar-refractivity contribution in [2.75, 3.05) is 13.1 Å². The van der Waals surface area contributed by atoms with Gasteiger partial charge in [0.05, 0.1) is 0 Å². The Bertz CT molecular complexity index is 494. The molecule has 0 aliphatic rings. The smallest absolute Gasteiger partial charge is 0.308 e. The number of rotatable bonds is 6. The van der Waals surface area contributed by atoms with Gasteiger partial charge in [-0.05, 0) is 25.5 Å². The van der Waals surface area contributed by atoms with Crippen molar-refractivity contribution in [3.8, 4) is 5.75 Å². The zero-order valence-electron chi connectivity index (χ0n) is 12.3. The zero-order valence-corrected chi connectivity index (χ0v) is 12.3. The fourth-order valence-corrected chi connectivity index (χ4v) is 1.83. The van der Waals surface area contributed by atoms with Crippen LogP contribution in [-0.2, 0) is 9.59 Å². The Labute approximate surface area is 120 Å². The number of hydrogen-bond donors (Lipinski definition) is 0. The summed E-state index contributed by atoms with van der Waals surface area (Å²) in [6, 6.07) is 7.13. The van der Waals surface area contributed by atoms with Gasteiger partial charge in [0.1, 0.15) is 5.75 Å². The van der Waals surface area contributed by atoms with Crippen LogP contribution in [0, 0.1) is 0 Å². The maximum atomic E-state index is 12.0. The van der Waals surface area contributed by atoms with Crippen LogP contribution in [0.25, 0.3) is 6.08 Å². The first-order valence-electron chi connectivity index (χ1n) is 6.82. The Hall–Kier alpha value is -2.10. The third-order valence-electron chi connectivity index (χ3n) is 2.77. The summed E-state index contributed by atoms with van der Waals surface area (Å²) in [4.78, 5) is 24.8. The van der Waals surface area contributed by atoms with Gasteiger partial charge in [-0.2, -0.15) is 0 Å². The topological polar surface area (TPSA) is 46.6 Å². The second-order valence-corrected chi connectivity index (χ2v) is 4.38. The molecule has 4 nitrogen and oxygen atoms in total. The van der Waals surface area contributed by atoms with Crippen molar-refractivity contribution in [3.63, 3.8) is 0 Å². The molecule has 0 saturated heterocycles. The van der Waals surface area contributed by atoms with Gasteiger partial charge in [-0.25, -0.2) is 0 Å². The predicted molar refractivity (Wildman–Crippen MR) is 79.3 cm³/mol. The van der Waals surface area contributed by atoms with E-state index in [1.54, 1.807) is 29.2 Å². The van der Waals surface area contributed by atoms with E-state index in [-0.39, 0.29) is 11.9 Å². The number of hydrogen-bond acceptors (Lipinski definition) is 3. The Morgan fingerprint density at radius 3 is 2.55 bits per heavy atom. The molecule has 0 bridgehead atoms. The molecule has 0 aliphatic heterocycles. The molecular weight excluding hydrogens is 254 g/mol. The van der Waals surface area contributed by atoms with Gasteiger partial charge in [-0.3, -0.25) is 9.59 Å². The van der Waals surface area contributed by atoms with Crippen molar-refractivity contribution in [1.29, 1.82) is 0 Å². The van der Waals surface area contributed by atoms with Gasteiger partial charge < -0.3 is 9.64 Å². The molecular formula is C16H21NO3. The van der Waals surface area contributed by atoms with Crippen LogP contribution in [0.2, 0.25) is 0 Å². The van der Waals surface area contributed by atoms with Gasteiger partial charge in [0.25, 0.3) is 0 Å². The lowest BCUT2D eigenvalue weighted by molar-refractivity contribution is -0.132. The van der Waals surface area contributed by atoms with Crippen LogP contribution in [-0.4, -0.2) is 29.9 Å². The van der Waals surface area contributed by atoms with Crippen molar-refractivity contribution < 1.29 is 14.3 Å². The fraction of sp³-hybridized carbons (Fsp3) is 0.375. The third kappa shape index (κ3) is 4.88. The van der Waals surface area contributed by atoms with Crippen LogP contribution in [0.5, 0.6) is 5.75 Å². The van der Waals surface area contributed by atoms with Crippen molar-refractivity contribution in [2.45, 2.75) is 27.2 Å². The summed E-state index contributed by atoms with van der Waals surface area (Å²) in [5.74, 6) is 0.0490. The number of carbonyl (C=O) groups excluding carboxylic acids is 2. The molecule has 0 unspecified atom stereocenters. The largest absolute Gasteiger partial charge is 0.426 e. The Morgan fingerprint density at radius 2 is 1.95 bits per heavy atom. The number of carbonyl (C=O) groups is 2. The van der Waals surface area contributed by atoms with E-state index in [0.717, 1.165) is 13.0 Å². The molecule has 0 atom stereocenters. The molecule has 0 fully saturated rings. The SMILES string of the molecule is CCCN(CC)C(=O)/C=C/c1ccccc1OC(C)=O. The van der Waals surface area contributed by atoms with Gasteiger partial charge in [0, 0.05) is 31.7 Å². The summed E-state index contributed by atoms with van der Waals surface area (Å²) in [6.45, 7) is 6.77. The average molecular weight is 275 g/mol. The van der Waals surface area contributed by atoms with Gasteiger partial charge in [0.2, 0.25) is 5.91 Å². The second-order valence-electron chi connectivity index (χ2n) is 4.38. The van der Waals surface area contributed by atoms with Crippen molar-refractivity contribution in [1.82, 2.24) is 4.90 Å². The van der Waals surface area contributed by atoms with Crippen molar-refractivity contribution >= 4 is 18.0 Å². The molecule has 20 heavy (non-hydrogen) atoms. The maximum Gasteiger partial charge on any atom is 0.308 e. The highest BCUT2D eigenvalue weighted by molar-refractivity contribution is 5.92. The Kier molecular flexibility index (Phi) is 6.50. The molecule has 1 rings (SSSR count). The molecule has 108 valence electrons. The van der Waals surface area contributed by atoms with Crippen molar-refractivity contribution in [2.24, 2.45) is 0 Å². The molecule has 0 N–H and O–H groups in total. The van der Waals surface area contributed by atoms with Gasteiger partial charge in [-0.1, -0.05) is 25.1 Å². The summed E-state index contributed by atoms with van der Waals surface area (Å²) in [5, 5.41) is 0. The molecule has 0 saturated carbocycles. The summed E-state index contributed by atoms with van der Waals surface area (Å²) in [6.07, 6.45) is 4.12. The van der Waals surface area contributed by atoms with Gasteiger partial charge >= 0.3 is 5.97 Å². The Balaban J connectivity index is 2.84. The lowest BCUT2D eigenvalue weighted by Crippen LogP contribution is -2.29. The number of amides is 1. The monoisotopic (exact) mass is 275 g/mol. The molecule has 0 aliphatic carbocycles. The quantitative estimate of drug-likeness (QED) is 0.455. The standard InChI is InChI=1S/C16H21NO3/c1-4-12-17(5-2)16(19)11-10-14-8-6-7-9-15(14)20-13(3)18/h6-11H,4-5,12H2,1-3H3/b11-10+. The first kappa shape index (κ1) is 16.0. The van der Waals surface area contributed by atoms with Gasteiger partial charge in [0.15, 0.2) is 0 Å².